The number of pyridine rings is 1. The molecule has 1 amide bonds. The van der Waals surface area contributed by atoms with Crippen molar-refractivity contribution in [1.29, 1.82) is 0 Å². The number of aromatic nitrogens is 1. The van der Waals surface area contributed by atoms with Crippen LogP contribution in [-0.4, -0.2) is 65.1 Å². The van der Waals surface area contributed by atoms with Gasteiger partial charge in [0.1, 0.15) is 6.54 Å². The molecule has 10 heteroatoms. The van der Waals surface area contributed by atoms with Gasteiger partial charge in [0.2, 0.25) is 0 Å². The number of methoxy groups -OCH3 is 1. The van der Waals surface area contributed by atoms with Crippen LogP contribution in [0, 0.1) is 0 Å². The minimum absolute atomic E-state index is 0.0303. The minimum Gasteiger partial charge on any atom is -0.479 e. The Labute approximate surface area is 158 Å². The van der Waals surface area contributed by atoms with E-state index in [0.29, 0.717) is 16.6 Å². The van der Waals surface area contributed by atoms with E-state index in [0.717, 1.165) is 0 Å². The highest BCUT2D eigenvalue weighted by molar-refractivity contribution is 6.01. The van der Waals surface area contributed by atoms with Crippen LogP contribution >= 0.6 is 0 Å². The number of aliphatic carboxylic acids is 1. The lowest BCUT2D eigenvalue weighted by Crippen LogP contribution is -2.54. The molecule has 1 aromatic carbocycles. The summed E-state index contributed by atoms with van der Waals surface area (Å²) in [7, 11) is 1.21. The van der Waals surface area contributed by atoms with Crippen LogP contribution in [0.5, 0.6) is 0 Å². The van der Waals surface area contributed by atoms with E-state index in [1.165, 1.54) is 22.6 Å². The summed E-state index contributed by atoms with van der Waals surface area (Å²) in [5.41, 5.74) is 0.375. The molecule has 2 aromatic rings. The van der Waals surface area contributed by atoms with Crippen molar-refractivity contribution in [2.45, 2.75) is 18.8 Å². The maximum absolute atomic E-state index is 12.6. The molecule has 0 radical (unpaired) electrons. The number of rotatable bonds is 5. The lowest BCUT2D eigenvalue weighted by Gasteiger charge is -2.33. The molecule has 28 heavy (non-hydrogen) atoms. The van der Waals surface area contributed by atoms with Gasteiger partial charge < -0.3 is 24.6 Å². The van der Waals surface area contributed by atoms with E-state index >= 15 is 0 Å². The van der Waals surface area contributed by atoms with Crippen LogP contribution in [0.3, 0.4) is 0 Å². The second kappa shape index (κ2) is 7.79. The zero-order valence-electron chi connectivity index (χ0n) is 14.9. The Bertz CT molecular complexity index is 999. The van der Waals surface area contributed by atoms with Crippen molar-refractivity contribution < 1.29 is 34.1 Å². The first-order valence-electron chi connectivity index (χ1n) is 8.37. The summed E-state index contributed by atoms with van der Waals surface area (Å²) in [4.78, 5) is 48.7. The summed E-state index contributed by atoms with van der Waals surface area (Å²) in [6.07, 6.45) is -3.52. The number of hydrogen-bond donors (Lipinski definition) is 2. The fourth-order valence-electron chi connectivity index (χ4n) is 3.02. The van der Waals surface area contributed by atoms with Crippen LogP contribution in [0.4, 0.5) is 5.69 Å². The summed E-state index contributed by atoms with van der Waals surface area (Å²) in [6, 6.07) is 7.76. The van der Waals surface area contributed by atoms with E-state index in [1.807, 2.05) is 0 Å². The van der Waals surface area contributed by atoms with Gasteiger partial charge in [-0.1, -0.05) is 6.07 Å². The zero-order chi connectivity index (χ0) is 20.4. The molecule has 10 nitrogen and oxygen atoms in total. The van der Waals surface area contributed by atoms with Gasteiger partial charge in [-0.3, -0.25) is 19.0 Å². The number of carbonyl (C=O) groups is 3. The average molecular weight is 390 g/mol. The van der Waals surface area contributed by atoms with E-state index in [9.17, 15) is 24.3 Å². The lowest BCUT2D eigenvalue weighted by atomic mass is 10.1. The van der Waals surface area contributed by atoms with Crippen molar-refractivity contribution in [1.82, 2.24) is 4.57 Å². The Kier molecular flexibility index (Phi) is 5.43. The smallest absolute Gasteiger partial charge is 0.335 e. The molecule has 1 aliphatic rings. The number of aliphatic hydroxyl groups excluding tert-OH is 1. The first-order chi connectivity index (χ1) is 13.3. The van der Waals surface area contributed by atoms with Crippen LogP contribution in [0.2, 0.25) is 0 Å². The van der Waals surface area contributed by atoms with Crippen molar-refractivity contribution in [3.63, 3.8) is 0 Å². The molecule has 0 spiro atoms. The molecule has 2 heterocycles. The molecule has 1 aliphatic heterocycles. The average Bonchev–Trinajstić information content (AvgIpc) is 2.69. The SMILES string of the molecule is COC(=O)Cn1c(=O)ccc2ccc(N3CCO[C@H]([C@@H](O)C(=O)O)C3=O)cc21. The maximum Gasteiger partial charge on any atom is 0.335 e. The predicted molar refractivity (Wildman–Crippen MR) is 96.0 cm³/mol. The summed E-state index contributed by atoms with van der Waals surface area (Å²) in [5.74, 6) is -2.88. The summed E-state index contributed by atoms with van der Waals surface area (Å²) in [6.45, 7) is -0.128. The number of nitrogens with zero attached hydrogens (tertiary/aromatic N) is 2. The molecule has 2 atom stereocenters. The Morgan fingerprint density at radius 3 is 2.68 bits per heavy atom. The van der Waals surface area contributed by atoms with Gasteiger partial charge in [-0.25, -0.2) is 4.79 Å². The molecule has 1 aromatic heterocycles. The molecule has 0 unspecified atom stereocenters. The highest BCUT2D eigenvalue weighted by atomic mass is 16.5. The molecule has 3 rings (SSSR count). The largest absolute Gasteiger partial charge is 0.479 e. The lowest BCUT2D eigenvalue weighted by molar-refractivity contribution is -0.163. The Balaban J connectivity index is 2.02. The van der Waals surface area contributed by atoms with Gasteiger partial charge in [-0.15, -0.1) is 0 Å². The number of carbonyl (C=O) groups excluding carboxylic acids is 2. The third kappa shape index (κ3) is 3.59. The van der Waals surface area contributed by atoms with Crippen LogP contribution in [0.15, 0.2) is 35.1 Å². The van der Waals surface area contributed by atoms with Gasteiger partial charge in [-0.2, -0.15) is 0 Å². The quantitative estimate of drug-likeness (QED) is 0.643. The van der Waals surface area contributed by atoms with Crippen molar-refractivity contribution in [3.05, 3.63) is 40.7 Å². The summed E-state index contributed by atoms with van der Waals surface area (Å²) in [5, 5.41) is 19.3. The third-order valence-corrected chi connectivity index (χ3v) is 4.46. The number of esters is 1. The molecule has 0 aliphatic carbocycles. The summed E-state index contributed by atoms with van der Waals surface area (Å²) >= 11 is 0. The number of carboxylic acids is 1. The number of hydrogen-bond acceptors (Lipinski definition) is 7. The van der Waals surface area contributed by atoms with Gasteiger partial charge in [0, 0.05) is 18.3 Å². The van der Waals surface area contributed by atoms with Gasteiger partial charge in [0.05, 0.1) is 19.2 Å². The first kappa shape index (κ1) is 19.5. The van der Waals surface area contributed by atoms with Crippen LogP contribution in [0.25, 0.3) is 10.9 Å². The van der Waals surface area contributed by atoms with Gasteiger partial charge in [0.25, 0.3) is 11.5 Å². The molecular formula is C18H18N2O8. The number of carboxylic acid groups (broad SMARTS) is 1. The van der Waals surface area contributed by atoms with Gasteiger partial charge >= 0.3 is 11.9 Å². The molecule has 1 saturated heterocycles. The first-order valence-corrected chi connectivity index (χ1v) is 8.37. The topological polar surface area (TPSA) is 135 Å². The normalized spacial score (nSPS) is 18.1. The van der Waals surface area contributed by atoms with E-state index in [2.05, 4.69) is 4.74 Å². The Morgan fingerprint density at radius 1 is 1.29 bits per heavy atom. The minimum atomic E-state index is -1.99. The highest BCUT2D eigenvalue weighted by Crippen LogP contribution is 2.25. The Hall–Kier alpha value is -3.24. The monoisotopic (exact) mass is 390 g/mol. The number of ether oxygens (including phenoxy) is 2. The maximum atomic E-state index is 12.6. The molecular weight excluding hydrogens is 372 g/mol. The molecule has 148 valence electrons. The second-order valence-corrected chi connectivity index (χ2v) is 6.14. The second-order valence-electron chi connectivity index (χ2n) is 6.14. The van der Waals surface area contributed by atoms with E-state index in [4.69, 9.17) is 9.84 Å². The van der Waals surface area contributed by atoms with Crippen LogP contribution < -0.4 is 10.5 Å². The fourth-order valence-corrected chi connectivity index (χ4v) is 3.02. The molecule has 1 fully saturated rings. The van der Waals surface area contributed by atoms with Gasteiger partial charge in [0.15, 0.2) is 12.2 Å². The highest BCUT2D eigenvalue weighted by Gasteiger charge is 2.39. The zero-order valence-corrected chi connectivity index (χ0v) is 14.9. The van der Waals surface area contributed by atoms with Gasteiger partial charge in [-0.05, 0) is 23.6 Å². The van der Waals surface area contributed by atoms with Crippen LogP contribution in [0.1, 0.15) is 0 Å². The van der Waals surface area contributed by atoms with Crippen molar-refractivity contribution in [2.24, 2.45) is 0 Å². The number of fused-ring (bicyclic) bond motifs is 1. The van der Waals surface area contributed by atoms with E-state index in [1.54, 1.807) is 24.3 Å². The number of aliphatic hydroxyl groups is 1. The third-order valence-electron chi connectivity index (χ3n) is 4.46. The predicted octanol–water partition coefficient (Wildman–Crippen LogP) is -0.648. The standard InChI is InChI=1S/C18H18N2O8/c1-27-14(22)9-20-12-8-11(4-2-10(12)3-5-13(20)21)19-6-7-28-16(17(19)24)15(23)18(25)26/h2-5,8,15-16,23H,6-7,9H2,1H3,(H,25,26)/t15-,16-/m1/s1. The van der Waals surface area contributed by atoms with E-state index < -0.39 is 35.6 Å². The Morgan fingerprint density at radius 2 is 2.00 bits per heavy atom. The van der Waals surface area contributed by atoms with Crippen molar-refractivity contribution in [2.75, 3.05) is 25.2 Å². The molecule has 2 N–H and O–H groups in total. The number of morpholine rings is 1. The fraction of sp³-hybridized carbons (Fsp3) is 0.333. The summed E-state index contributed by atoms with van der Waals surface area (Å²) < 4.78 is 11.0. The number of amides is 1. The molecule has 0 saturated carbocycles. The molecule has 0 bridgehead atoms. The number of anilines is 1. The van der Waals surface area contributed by atoms with E-state index in [-0.39, 0.29) is 19.7 Å². The van der Waals surface area contributed by atoms with Crippen molar-refractivity contribution in [3.8, 4) is 0 Å². The van der Waals surface area contributed by atoms with Crippen molar-refractivity contribution >= 4 is 34.4 Å². The number of benzene rings is 1. The van der Waals surface area contributed by atoms with Crippen LogP contribution in [-0.2, 0) is 30.4 Å².